The van der Waals surface area contributed by atoms with E-state index < -0.39 is 12.1 Å². The molecule has 0 aliphatic heterocycles. The van der Waals surface area contributed by atoms with Crippen LogP contribution >= 0.6 is 0 Å². The summed E-state index contributed by atoms with van der Waals surface area (Å²) in [7, 11) is 1.45. The topological polar surface area (TPSA) is 58.6 Å². The Morgan fingerprint density at radius 1 is 1.14 bits per heavy atom. The van der Waals surface area contributed by atoms with Crippen LogP contribution in [0.4, 0.5) is 0 Å². The van der Waals surface area contributed by atoms with Gasteiger partial charge in [0, 0.05) is 7.11 Å². The van der Waals surface area contributed by atoms with E-state index in [4.69, 9.17) is 4.74 Å². The van der Waals surface area contributed by atoms with E-state index in [-0.39, 0.29) is 6.04 Å². The monoisotopic (exact) mass is 307 g/mol. The third kappa shape index (κ3) is 6.58. The minimum Gasteiger partial charge on any atom is -0.479 e. The summed E-state index contributed by atoms with van der Waals surface area (Å²) >= 11 is 0. The van der Waals surface area contributed by atoms with Crippen molar-refractivity contribution < 1.29 is 14.6 Å². The zero-order valence-corrected chi connectivity index (χ0v) is 13.8. The normalized spacial score (nSPS) is 13.7. The zero-order valence-electron chi connectivity index (χ0n) is 13.8. The summed E-state index contributed by atoms with van der Waals surface area (Å²) in [5.41, 5.74) is 0.947. The maximum atomic E-state index is 11.4. The molecule has 0 aliphatic carbocycles. The quantitative estimate of drug-likeness (QED) is 0.577. The Morgan fingerprint density at radius 2 is 1.77 bits per heavy atom. The van der Waals surface area contributed by atoms with Crippen molar-refractivity contribution in [2.24, 2.45) is 0 Å². The summed E-state index contributed by atoms with van der Waals surface area (Å²) in [6.45, 7) is 3.02. The van der Waals surface area contributed by atoms with E-state index in [1.807, 2.05) is 30.3 Å². The number of nitrogens with one attached hydrogen (secondary N) is 1. The van der Waals surface area contributed by atoms with Gasteiger partial charge in [0.1, 0.15) is 0 Å². The van der Waals surface area contributed by atoms with E-state index in [2.05, 4.69) is 12.2 Å². The summed E-state index contributed by atoms with van der Waals surface area (Å²) in [6.07, 6.45) is 6.45. The van der Waals surface area contributed by atoms with E-state index in [0.29, 0.717) is 0 Å². The number of hydrogen-bond acceptors (Lipinski definition) is 3. The maximum Gasteiger partial charge on any atom is 0.334 e. The number of ether oxygens (including phenoxy) is 1. The third-order valence-corrected chi connectivity index (χ3v) is 3.85. The summed E-state index contributed by atoms with van der Waals surface area (Å²) in [4.78, 5) is 11.4. The Labute approximate surface area is 133 Å². The molecule has 0 heterocycles. The first-order chi connectivity index (χ1) is 10.7. The number of carboxylic acid groups (broad SMARTS) is 1. The largest absolute Gasteiger partial charge is 0.479 e. The van der Waals surface area contributed by atoms with Gasteiger partial charge in [0.2, 0.25) is 0 Å². The number of methoxy groups -OCH3 is 1. The number of carbonyl (C=O) groups is 1. The van der Waals surface area contributed by atoms with Gasteiger partial charge in [0.15, 0.2) is 6.10 Å². The molecular formula is C18H29NO3. The zero-order chi connectivity index (χ0) is 16.2. The Hall–Kier alpha value is -1.39. The van der Waals surface area contributed by atoms with Crippen molar-refractivity contribution in [1.29, 1.82) is 0 Å². The van der Waals surface area contributed by atoms with Crippen LogP contribution in [-0.2, 0) is 9.53 Å². The molecule has 0 aliphatic rings. The first kappa shape index (κ1) is 18.7. The molecule has 0 saturated carbocycles. The van der Waals surface area contributed by atoms with Crippen molar-refractivity contribution in [2.75, 3.05) is 13.7 Å². The van der Waals surface area contributed by atoms with Gasteiger partial charge in [-0.2, -0.15) is 0 Å². The number of carboxylic acids is 1. The average molecular weight is 307 g/mol. The summed E-state index contributed by atoms with van der Waals surface area (Å²) in [5.74, 6) is -0.938. The molecule has 0 spiro atoms. The van der Waals surface area contributed by atoms with Crippen molar-refractivity contribution in [1.82, 2.24) is 5.32 Å². The van der Waals surface area contributed by atoms with Gasteiger partial charge in [0.25, 0.3) is 0 Å². The van der Waals surface area contributed by atoms with E-state index >= 15 is 0 Å². The average Bonchev–Trinajstić information content (AvgIpc) is 2.53. The lowest BCUT2D eigenvalue weighted by Crippen LogP contribution is -2.39. The smallest absolute Gasteiger partial charge is 0.334 e. The Morgan fingerprint density at radius 3 is 2.36 bits per heavy atom. The number of rotatable bonds is 12. The van der Waals surface area contributed by atoms with Crippen LogP contribution in [0.15, 0.2) is 30.3 Å². The molecule has 4 nitrogen and oxygen atoms in total. The highest BCUT2D eigenvalue weighted by Gasteiger charge is 2.28. The Balaban J connectivity index is 2.51. The Kier molecular flexibility index (Phi) is 9.51. The molecule has 0 unspecified atom stereocenters. The predicted octanol–water partition coefficient (Wildman–Crippen LogP) is 3.78. The summed E-state index contributed by atoms with van der Waals surface area (Å²) < 4.78 is 5.18. The molecule has 22 heavy (non-hydrogen) atoms. The summed E-state index contributed by atoms with van der Waals surface area (Å²) in [5, 5.41) is 12.7. The van der Waals surface area contributed by atoms with Crippen LogP contribution in [0, 0.1) is 0 Å². The van der Waals surface area contributed by atoms with Crippen LogP contribution < -0.4 is 5.32 Å². The molecular weight excluding hydrogens is 278 g/mol. The molecule has 1 aromatic rings. The molecule has 0 aromatic heterocycles. The van der Waals surface area contributed by atoms with Gasteiger partial charge in [-0.3, -0.25) is 0 Å². The van der Waals surface area contributed by atoms with Gasteiger partial charge < -0.3 is 15.2 Å². The molecule has 1 aromatic carbocycles. The minimum atomic E-state index is -0.938. The van der Waals surface area contributed by atoms with Gasteiger partial charge in [0.05, 0.1) is 6.04 Å². The van der Waals surface area contributed by atoms with Crippen molar-refractivity contribution in [2.45, 2.75) is 57.6 Å². The second kappa shape index (κ2) is 11.2. The fourth-order valence-corrected chi connectivity index (χ4v) is 2.60. The third-order valence-electron chi connectivity index (χ3n) is 3.85. The SMILES string of the molecule is CCCCCCCCN[C@@H](c1ccccc1)[C@@H](OC)C(=O)O. The van der Waals surface area contributed by atoms with Crippen molar-refractivity contribution in [3.63, 3.8) is 0 Å². The van der Waals surface area contributed by atoms with Gasteiger partial charge in [-0.1, -0.05) is 69.4 Å². The molecule has 2 N–H and O–H groups in total. The minimum absolute atomic E-state index is 0.320. The lowest BCUT2D eigenvalue weighted by Gasteiger charge is -2.24. The molecule has 124 valence electrons. The second-order valence-electron chi connectivity index (χ2n) is 5.60. The highest BCUT2D eigenvalue weighted by molar-refractivity contribution is 5.73. The fraction of sp³-hybridized carbons (Fsp3) is 0.611. The van der Waals surface area contributed by atoms with Crippen LogP contribution in [0.2, 0.25) is 0 Å². The number of benzene rings is 1. The van der Waals surface area contributed by atoms with Crippen LogP contribution in [0.3, 0.4) is 0 Å². The highest BCUT2D eigenvalue weighted by Crippen LogP contribution is 2.19. The van der Waals surface area contributed by atoms with Crippen LogP contribution in [-0.4, -0.2) is 30.8 Å². The molecule has 2 atom stereocenters. The number of unbranched alkanes of at least 4 members (excludes halogenated alkanes) is 5. The standard InChI is InChI=1S/C18H29NO3/c1-3-4-5-6-7-11-14-19-16(17(22-2)18(20)21)15-12-9-8-10-13-15/h8-10,12-13,16-17,19H,3-7,11,14H2,1-2H3,(H,20,21)/t16-,17+/m0/s1. The summed E-state index contributed by atoms with van der Waals surface area (Å²) in [6, 6.07) is 9.32. The molecule has 4 heteroatoms. The lowest BCUT2D eigenvalue weighted by molar-refractivity contribution is -0.150. The first-order valence-electron chi connectivity index (χ1n) is 8.24. The van der Waals surface area contributed by atoms with Crippen molar-refractivity contribution in [3.05, 3.63) is 35.9 Å². The molecule has 0 saturated heterocycles. The van der Waals surface area contributed by atoms with Gasteiger partial charge in [-0.25, -0.2) is 4.79 Å². The van der Waals surface area contributed by atoms with Crippen molar-refractivity contribution >= 4 is 5.97 Å². The van der Waals surface area contributed by atoms with Crippen LogP contribution in [0.25, 0.3) is 0 Å². The van der Waals surface area contributed by atoms with Gasteiger partial charge in [-0.05, 0) is 18.5 Å². The van der Waals surface area contributed by atoms with E-state index in [1.165, 1.54) is 39.2 Å². The molecule has 0 fully saturated rings. The maximum absolute atomic E-state index is 11.4. The predicted molar refractivity (Wildman–Crippen MR) is 89.0 cm³/mol. The second-order valence-corrected chi connectivity index (χ2v) is 5.60. The number of hydrogen-bond donors (Lipinski definition) is 2. The van der Waals surface area contributed by atoms with Gasteiger partial charge in [-0.15, -0.1) is 0 Å². The van der Waals surface area contributed by atoms with Gasteiger partial charge >= 0.3 is 5.97 Å². The fourth-order valence-electron chi connectivity index (χ4n) is 2.60. The first-order valence-corrected chi connectivity index (χ1v) is 8.24. The van der Waals surface area contributed by atoms with E-state index in [0.717, 1.165) is 18.5 Å². The molecule has 0 amide bonds. The van der Waals surface area contributed by atoms with E-state index in [1.54, 1.807) is 0 Å². The Bertz CT molecular complexity index is 408. The lowest BCUT2D eigenvalue weighted by atomic mass is 10.0. The van der Waals surface area contributed by atoms with Crippen LogP contribution in [0.1, 0.15) is 57.1 Å². The van der Waals surface area contributed by atoms with E-state index in [9.17, 15) is 9.90 Å². The molecule has 0 bridgehead atoms. The molecule has 0 radical (unpaired) electrons. The number of aliphatic carboxylic acids is 1. The van der Waals surface area contributed by atoms with Crippen molar-refractivity contribution in [3.8, 4) is 0 Å². The highest BCUT2D eigenvalue weighted by atomic mass is 16.5. The van der Waals surface area contributed by atoms with Crippen LogP contribution in [0.5, 0.6) is 0 Å². The molecule has 1 rings (SSSR count).